The van der Waals surface area contributed by atoms with Crippen LogP contribution in [-0.4, -0.2) is 40.1 Å². The maximum absolute atomic E-state index is 12.5. The van der Waals surface area contributed by atoms with E-state index in [0.29, 0.717) is 18.1 Å². The van der Waals surface area contributed by atoms with Crippen LogP contribution < -0.4 is 4.74 Å². The molecule has 6 heteroatoms. The monoisotopic (exact) mass is 425 g/mol. The van der Waals surface area contributed by atoms with Gasteiger partial charge in [-0.2, -0.15) is 0 Å². The van der Waals surface area contributed by atoms with Gasteiger partial charge in [-0.25, -0.2) is 4.98 Å². The molecule has 1 atom stereocenters. The second kappa shape index (κ2) is 9.52. The summed E-state index contributed by atoms with van der Waals surface area (Å²) in [6.45, 7) is 5.19. The third-order valence-corrected chi connectivity index (χ3v) is 5.91. The lowest BCUT2D eigenvalue weighted by Gasteiger charge is -2.17. The number of carbonyl (C=O) groups excluding carboxylic acids is 1. The van der Waals surface area contributed by atoms with Crippen molar-refractivity contribution in [2.45, 2.75) is 45.1 Å². The molecule has 0 N–H and O–H groups in total. The minimum atomic E-state index is 0.152. The van der Waals surface area contributed by atoms with Gasteiger partial charge in [0.1, 0.15) is 11.6 Å². The first kappa shape index (κ1) is 20.7. The maximum atomic E-state index is 12.5. The van der Waals surface area contributed by atoms with E-state index in [1.807, 2.05) is 47.4 Å². The second-order valence-electron chi connectivity index (χ2n) is 7.86. The number of fused-ring (bicyclic) bond motifs is 1. The van der Waals surface area contributed by atoms with Crippen LogP contribution in [0.15, 0.2) is 48.5 Å². The number of likely N-dealkylation sites (tertiary alicyclic amines) is 1. The van der Waals surface area contributed by atoms with Crippen molar-refractivity contribution in [1.82, 2.24) is 14.5 Å². The second-order valence-corrected chi connectivity index (χ2v) is 8.30. The summed E-state index contributed by atoms with van der Waals surface area (Å²) in [4.78, 5) is 19.4. The number of benzene rings is 2. The highest BCUT2D eigenvalue weighted by Gasteiger charge is 2.33. The highest BCUT2D eigenvalue weighted by molar-refractivity contribution is 6.30. The van der Waals surface area contributed by atoms with Crippen molar-refractivity contribution >= 4 is 28.5 Å². The van der Waals surface area contributed by atoms with Crippen LogP contribution in [0.1, 0.15) is 44.3 Å². The van der Waals surface area contributed by atoms with Crippen LogP contribution in [0.2, 0.25) is 5.02 Å². The highest BCUT2D eigenvalue weighted by atomic mass is 35.5. The predicted octanol–water partition coefficient (Wildman–Crippen LogP) is 5.27. The fraction of sp³-hybridized carbons (Fsp3) is 0.417. The average molecular weight is 426 g/mol. The first-order valence-corrected chi connectivity index (χ1v) is 11.1. The fourth-order valence-corrected chi connectivity index (χ4v) is 4.22. The summed E-state index contributed by atoms with van der Waals surface area (Å²) < 4.78 is 8.14. The maximum Gasteiger partial charge on any atom is 0.223 e. The summed E-state index contributed by atoms with van der Waals surface area (Å²) in [6, 6.07) is 15.6. The zero-order valence-corrected chi connectivity index (χ0v) is 18.1. The lowest BCUT2D eigenvalue weighted by Crippen LogP contribution is -2.26. The smallest absolute Gasteiger partial charge is 0.223 e. The molecule has 0 saturated carbocycles. The summed E-state index contributed by atoms with van der Waals surface area (Å²) in [5.41, 5.74) is 2.11. The molecule has 0 spiro atoms. The average Bonchev–Trinajstić information content (AvgIpc) is 3.31. The molecule has 30 heavy (non-hydrogen) atoms. The number of aryl methyl sites for hydroxylation is 1. The SMILES string of the molecule is CCCCN1C[C@@H](c2nc3ccccc3n2CCCOc2ccc(Cl)cc2)CC1=O. The first-order chi connectivity index (χ1) is 14.7. The van der Waals surface area contributed by atoms with Gasteiger partial charge in [-0.1, -0.05) is 37.1 Å². The van der Waals surface area contributed by atoms with Gasteiger partial charge in [0, 0.05) is 37.0 Å². The number of hydrogen-bond donors (Lipinski definition) is 0. The number of nitrogens with zero attached hydrogens (tertiary/aromatic N) is 3. The Labute approximate surface area is 182 Å². The number of amides is 1. The topological polar surface area (TPSA) is 47.4 Å². The van der Waals surface area contributed by atoms with Gasteiger partial charge in [-0.15, -0.1) is 0 Å². The van der Waals surface area contributed by atoms with Gasteiger partial charge in [0.15, 0.2) is 0 Å². The number of aromatic nitrogens is 2. The summed E-state index contributed by atoms with van der Waals surface area (Å²) in [5.74, 6) is 2.25. The molecule has 2 aromatic carbocycles. The Balaban J connectivity index is 1.46. The minimum absolute atomic E-state index is 0.152. The zero-order valence-electron chi connectivity index (χ0n) is 17.4. The minimum Gasteiger partial charge on any atom is -0.494 e. The lowest BCUT2D eigenvalue weighted by atomic mass is 10.1. The summed E-state index contributed by atoms with van der Waals surface area (Å²) in [7, 11) is 0. The Hall–Kier alpha value is -2.53. The molecule has 1 aliphatic rings. The molecule has 1 aliphatic heterocycles. The van der Waals surface area contributed by atoms with Crippen molar-refractivity contribution in [2.24, 2.45) is 0 Å². The molecule has 158 valence electrons. The Kier molecular flexibility index (Phi) is 6.58. The standard InChI is InChI=1S/C24H28ClN3O2/c1-2-3-13-27-17-18(16-23(27)29)24-26-21-7-4-5-8-22(21)28(24)14-6-15-30-20-11-9-19(25)10-12-20/h4-5,7-12,18H,2-3,6,13-17H2,1H3/t18-/m0/s1. The number of carbonyl (C=O) groups is 1. The number of rotatable bonds is 9. The van der Waals surface area contributed by atoms with Crippen LogP contribution in [0.4, 0.5) is 0 Å². The highest BCUT2D eigenvalue weighted by Crippen LogP contribution is 2.30. The van der Waals surface area contributed by atoms with Crippen LogP contribution >= 0.6 is 11.6 Å². The third-order valence-electron chi connectivity index (χ3n) is 5.65. The Morgan fingerprint density at radius 2 is 1.90 bits per heavy atom. The van der Waals surface area contributed by atoms with E-state index in [1.54, 1.807) is 0 Å². The number of imidazole rings is 1. The summed E-state index contributed by atoms with van der Waals surface area (Å²) in [5, 5.41) is 0.705. The molecule has 3 aromatic rings. The largest absolute Gasteiger partial charge is 0.494 e. The van der Waals surface area contributed by atoms with Crippen molar-refractivity contribution in [3.63, 3.8) is 0 Å². The van der Waals surface area contributed by atoms with E-state index < -0.39 is 0 Å². The molecule has 1 aromatic heterocycles. The third kappa shape index (κ3) is 4.62. The molecule has 1 saturated heterocycles. The molecule has 4 rings (SSSR count). The molecule has 0 unspecified atom stereocenters. The van der Waals surface area contributed by atoms with Gasteiger partial charge in [-0.3, -0.25) is 4.79 Å². The van der Waals surface area contributed by atoms with E-state index in [1.165, 1.54) is 0 Å². The van der Waals surface area contributed by atoms with Crippen LogP contribution in [0.3, 0.4) is 0 Å². The number of para-hydroxylation sites is 2. The molecule has 0 bridgehead atoms. The van der Waals surface area contributed by atoms with Gasteiger partial charge in [0.25, 0.3) is 0 Å². The number of unbranched alkanes of at least 4 members (excludes halogenated alkanes) is 1. The van der Waals surface area contributed by atoms with Gasteiger partial charge in [0.2, 0.25) is 5.91 Å². The summed E-state index contributed by atoms with van der Waals surface area (Å²) in [6.07, 6.45) is 3.56. The van der Waals surface area contributed by atoms with Crippen molar-refractivity contribution in [3.05, 3.63) is 59.4 Å². The Bertz CT molecular complexity index is 999. The van der Waals surface area contributed by atoms with E-state index in [0.717, 1.165) is 61.5 Å². The zero-order chi connectivity index (χ0) is 20.9. The predicted molar refractivity (Wildman–Crippen MR) is 120 cm³/mol. The molecule has 1 fully saturated rings. The van der Waals surface area contributed by atoms with Crippen molar-refractivity contribution < 1.29 is 9.53 Å². The van der Waals surface area contributed by atoms with Crippen molar-refractivity contribution in [2.75, 3.05) is 19.7 Å². The molecule has 2 heterocycles. The van der Waals surface area contributed by atoms with Gasteiger partial charge < -0.3 is 14.2 Å². The van der Waals surface area contributed by atoms with Gasteiger partial charge >= 0.3 is 0 Å². The molecule has 1 amide bonds. The van der Waals surface area contributed by atoms with Crippen molar-refractivity contribution in [3.8, 4) is 5.75 Å². The molecule has 5 nitrogen and oxygen atoms in total. The van der Waals surface area contributed by atoms with Crippen molar-refractivity contribution in [1.29, 1.82) is 0 Å². The number of ether oxygens (including phenoxy) is 1. The van der Waals surface area contributed by atoms with E-state index in [-0.39, 0.29) is 11.8 Å². The number of hydrogen-bond acceptors (Lipinski definition) is 3. The summed E-state index contributed by atoms with van der Waals surface area (Å²) >= 11 is 5.93. The quantitative estimate of drug-likeness (QED) is 0.438. The van der Waals surface area contributed by atoms with E-state index in [4.69, 9.17) is 21.3 Å². The lowest BCUT2D eigenvalue weighted by molar-refractivity contribution is -0.127. The molecule has 0 aliphatic carbocycles. The molecule has 0 radical (unpaired) electrons. The van der Waals surface area contributed by atoms with E-state index in [9.17, 15) is 4.79 Å². The van der Waals surface area contributed by atoms with E-state index in [2.05, 4.69) is 17.6 Å². The van der Waals surface area contributed by atoms with Crippen LogP contribution in [0.25, 0.3) is 11.0 Å². The first-order valence-electron chi connectivity index (χ1n) is 10.8. The van der Waals surface area contributed by atoms with Gasteiger partial charge in [0.05, 0.1) is 17.6 Å². The van der Waals surface area contributed by atoms with Crippen LogP contribution in [0, 0.1) is 0 Å². The Morgan fingerprint density at radius 3 is 2.70 bits per heavy atom. The number of halogens is 1. The fourth-order valence-electron chi connectivity index (χ4n) is 4.09. The van der Waals surface area contributed by atoms with E-state index >= 15 is 0 Å². The van der Waals surface area contributed by atoms with Crippen LogP contribution in [-0.2, 0) is 11.3 Å². The van der Waals surface area contributed by atoms with Crippen LogP contribution in [0.5, 0.6) is 5.75 Å². The normalized spacial score (nSPS) is 16.5. The molecular formula is C24H28ClN3O2. The van der Waals surface area contributed by atoms with Gasteiger partial charge in [-0.05, 0) is 49.2 Å². The Morgan fingerprint density at radius 1 is 1.10 bits per heavy atom. The molecular weight excluding hydrogens is 398 g/mol.